The monoisotopic (exact) mass is 624 g/mol. The Morgan fingerprint density at radius 3 is 1.04 bits per heavy atom. The van der Waals surface area contributed by atoms with E-state index in [0.717, 1.165) is 24.7 Å². The molecule has 242 valence electrons. The van der Waals surface area contributed by atoms with Crippen LogP contribution in [0.3, 0.4) is 0 Å². The minimum atomic E-state index is -0.772. The quantitative estimate of drug-likeness (QED) is 0.139. The number of aliphatic hydroxyl groups is 1. The molecule has 0 saturated carbocycles. The van der Waals surface area contributed by atoms with E-state index in [1.807, 2.05) is 48.5 Å². The van der Waals surface area contributed by atoms with Crippen molar-refractivity contribution >= 4 is 0 Å². The van der Waals surface area contributed by atoms with Crippen LogP contribution in [-0.4, -0.2) is 63.1 Å². The van der Waals surface area contributed by atoms with Crippen molar-refractivity contribution in [3.63, 3.8) is 0 Å². The maximum Gasteiger partial charge on any atom is 0.122 e. The van der Waals surface area contributed by atoms with E-state index in [1.165, 1.54) is 22.3 Å². The summed E-state index contributed by atoms with van der Waals surface area (Å²) >= 11 is 0. The fourth-order valence-corrected chi connectivity index (χ4v) is 5.34. The maximum atomic E-state index is 10.5. The zero-order valence-electron chi connectivity index (χ0n) is 27.1. The van der Waals surface area contributed by atoms with Crippen molar-refractivity contribution in [2.75, 3.05) is 39.6 Å². The van der Waals surface area contributed by atoms with E-state index in [2.05, 4.69) is 76.2 Å². The molecule has 0 amide bonds. The Hall–Kier alpha value is -4.04. The van der Waals surface area contributed by atoms with Crippen LogP contribution in [0.2, 0.25) is 0 Å². The molecule has 2 aliphatic rings. The van der Waals surface area contributed by atoms with Crippen molar-refractivity contribution in [1.82, 2.24) is 0 Å². The average Bonchev–Trinajstić information content (AvgIpc) is 4.01. The molecule has 6 rings (SSSR count). The lowest BCUT2D eigenvalue weighted by Gasteiger charge is -2.26. The number of rotatable bonds is 16. The Bertz CT molecular complexity index is 1420. The Labute approximate surface area is 272 Å². The second kappa shape index (κ2) is 13.8. The molecular formula is C39H44O7. The van der Waals surface area contributed by atoms with Crippen molar-refractivity contribution in [2.45, 2.75) is 56.8 Å². The van der Waals surface area contributed by atoms with Crippen LogP contribution in [0, 0.1) is 0 Å². The van der Waals surface area contributed by atoms with Crippen LogP contribution in [0.1, 0.15) is 49.9 Å². The van der Waals surface area contributed by atoms with Gasteiger partial charge in [0.2, 0.25) is 0 Å². The zero-order valence-corrected chi connectivity index (χ0v) is 27.1. The van der Waals surface area contributed by atoms with Crippen molar-refractivity contribution in [1.29, 1.82) is 0 Å². The smallest absolute Gasteiger partial charge is 0.122 e. The number of aliphatic hydroxyl groups excluding tert-OH is 1. The molecule has 1 N–H and O–H groups in total. The maximum absolute atomic E-state index is 10.5. The van der Waals surface area contributed by atoms with Gasteiger partial charge in [0.15, 0.2) is 0 Å². The molecule has 7 nitrogen and oxygen atoms in total. The summed E-state index contributed by atoms with van der Waals surface area (Å²) in [6.45, 7) is 11.8. The van der Waals surface area contributed by atoms with Gasteiger partial charge in [0, 0.05) is 10.8 Å². The third kappa shape index (κ3) is 8.21. The molecule has 2 unspecified atom stereocenters. The first kappa shape index (κ1) is 31.9. The summed E-state index contributed by atoms with van der Waals surface area (Å²) in [6, 6.07) is 32.6. The van der Waals surface area contributed by atoms with Crippen LogP contribution >= 0.6 is 0 Å². The van der Waals surface area contributed by atoms with Gasteiger partial charge in [0.1, 0.15) is 67.7 Å². The molecule has 0 radical (unpaired) electrons. The number of hydrogen-bond acceptors (Lipinski definition) is 7. The lowest BCUT2D eigenvalue weighted by Crippen LogP contribution is -2.25. The van der Waals surface area contributed by atoms with Crippen molar-refractivity contribution in [3.05, 3.63) is 119 Å². The van der Waals surface area contributed by atoms with Gasteiger partial charge in [-0.2, -0.15) is 0 Å². The first-order valence-electron chi connectivity index (χ1n) is 16.0. The zero-order chi connectivity index (χ0) is 32.1. The van der Waals surface area contributed by atoms with E-state index in [0.29, 0.717) is 24.7 Å². The number of benzene rings is 4. The van der Waals surface area contributed by atoms with Crippen LogP contribution in [0.4, 0.5) is 0 Å². The van der Waals surface area contributed by atoms with E-state index in [1.54, 1.807) is 0 Å². The largest absolute Gasteiger partial charge is 0.491 e. The summed E-state index contributed by atoms with van der Waals surface area (Å²) < 4.78 is 33.7. The topological polar surface area (TPSA) is 82.2 Å². The molecule has 2 fully saturated rings. The number of epoxide rings is 2. The van der Waals surface area contributed by atoms with Crippen LogP contribution in [0.15, 0.2) is 97.1 Å². The Morgan fingerprint density at radius 2 is 0.783 bits per heavy atom. The first-order valence-corrected chi connectivity index (χ1v) is 16.0. The third-order valence-electron chi connectivity index (χ3n) is 8.87. The molecule has 2 atom stereocenters. The van der Waals surface area contributed by atoms with Gasteiger partial charge in [-0.3, -0.25) is 0 Å². The Morgan fingerprint density at radius 1 is 0.522 bits per heavy atom. The van der Waals surface area contributed by atoms with Crippen LogP contribution in [-0.2, 0) is 20.3 Å². The summed E-state index contributed by atoms with van der Waals surface area (Å²) in [5.74, 6) is 3.11. The fourth-order valence-electron chi connectivity index (χ4n) is 5.34. The highest BCUT2D eigenvalue weighted by molar-refractivity contribution is 5.43. The van der Waals surface area contributed by atoms with E-state index >= 15 is 0 Å². The lowest BCUT2D eigenvalue weighted by molar-refractivity contribution is 0.0626. The van der Waals surface area contributed by atoms with E-state index in [9.17, 15) is 5.11 Å². The fraction of sp³-hybridized carbons (Fsp3) is 0.385. The average molecular weight is 625 g/mol. The van der Waals surface area contributed by atoms with Gasteiger partial charge in [-0.15, -0.1) is 0 Å². The SMILES string of the molecule is CC(C)(c1ccc(OCC(O)COc2ccc(C(C)(C)c3ccc(OCC4CO4)cc3)cc2)cc1)c1ccc(OCC2CO2)cc1. The highest BCUT2D eigenvalue weighted by Crippen LogP contribution is 2.35. The summed E-state index contributed by atoms with van der Waals surface area (Å²) in [4.78, 5) is 0. The van der Waals surface area contributed by atoms with E-state index in [-0.39, 0.29) is 36.3 Å². The van der Waals surface area contributed by atoms with Crippen LogP contribution < -0.4 is 18.9 Å². The molecule has 7 heteroatoms. The molecule has 46 heavy (non-hydrogen) atoms. The summed E-state index contributed by atoms with van der Waals surface area (Å²) in [5.41, 5.74) is 4.33. The van der Waals surface area contributed by atoms with E-state index in [4.69, 9.17) is 28.4 Å². The summed E-state index contributed by atoms with van der Waals surface area (Å²) in [7, 11) is 0. The molecule has 2 aliphatic heterocycles. The second-order valence-electron chi connectivity index (χ2n) is 13.2. The summed E-state index contributed by atoms with van der Waals surface area (Å²) in [6.07, 6.45) is -0.289. The standard InChI is InChI=1S/C39H44O7/c1-38(2,29-9-17-34(18-10-29)43-23-36-25-45-36)27-5-13-32(14-6-27)41-21-31(40)22-42-33-15-7-28(8-16-33)39(3,4)30-11-19-35(20-12-30)44-24-37-26-46-37/h5-20,31,36-37,40H,21-26H2,1-4H3. The molecule has 4 aromatic rings. The minimum absolute atomic E-state index is 0.134. The van der Waals surface area contributed by atoms with Gasteiger partial charge in [-0.1, -0.05) is 76.2 Å². The molecule has 0 aliphatic carbocycles. The summed E-state index contributed by atoms with van der Waals surface area (Å²) in [5, 5.41) is 10.5. The van der Waals surface area contributed by atoms with Crippen LogP contribution in [0.25, 0.3) is 0 Å². The molecule has 0 bridgehead atoms. The number of ether oxygens (including phenoxy) is 6. The molecule has 0 aromatic heterocycles. The van der Waals surface area contributed by atoms with Gasteiger partial charge in [0.25, 0.3) is 0 Å². The van der Waals surface area contributed by atoms with Crippen molar-refractivity contribution in [2.24, 2.45) is 0 Å². The Balaban J connectivity index is 0.952. The number of hydrogen-bond donors (Lipinski definition) is 1. The molecule has 4 aromatic carbocycles. The van der Waals surface area contributed by atoms with Crippen LogP contribution in [0.5, 0.6) is 23.0 Å². The highest BCUT2D eigenvalue weighted by Gasteiger charge is 2.26. The Kier molecular flexibility index (Phi) is 9.54. The normalized spacial score (nSPS) is 18.0. The predicted octanol–water partition coefficient (Wildman–Crippen LogP) is 6.71. The van der Waals surface area contributed by atoms with Gasteiger partial charge >= 0.3 is 0 Å². The van der Waals surface area contributed by atoms with E-state index < -0.39 is 6.10 Å². The van der Waals surface area contributed by atoms with Crippen molar-refractivity contribution in [3.8, 4) is 23.0 Å². The predicted molar refractivity (Wildman–Crippen MR) is 177 cm³/mol. The lowest BCUT2D eigenvalue weighted by atomic mass is 9.78. The first-order chi connectivity index (χ1) is 22.2. The molecule has 0 spiro atoms. The van der Waals surface area contributed by atoms with Gasteiger partial charge in [-0.05, 0) is 70.8 Å². The molecular weight excluding hydrogens is 580 g/mol. The third-order valence-corrected chi connectivity index (χ3v) is 8.87. The van der Waals surface area contributed by atoms with Gasteiger partial charge in [-0.25, -0.2) is 0 Å². The second-order valence-corrected chi connectivity index (χ2v) is 13.2. The van der Waals surface area contributed by atoms with Gasteiger partial charge < -0.3 is 33.5 Å². The van der Waals surface area contributed by atoms with Crippen molar-refractivity contribution < 1.29 is 33.5 Å². The molecule has 2 heterocycles. The highest BCUT2D eigenvalue weighted by atomic mass is 16.6. The van der Waals surface area contributed by atoms with Gasteiger partial charge in [0.05, 0.1) is 13.2 Å². The minimum Gasteiger partial charge on any atom is -0.491 e. The molecule has 2 saturated heterocycles.